The zero-order valence-electron chi connectivity index (χ0n) is 37.0. The maximum Gasteiger partial charge on any atom is 0.327 e. The van der Waals surface area contributed by atoms with Gasteiger partial charge in [0.05, 0.1) is 19.1 Å². The van der Waals surface area contributed by atoms with E-state index < -0.39 is 121 Å². The van der Waals surface area contributed by atoms with Crippen molar-refractivity contribution in [1.29, 1.82) is 0 Å². The van der Waals surface area contributed by atoms with Gasteiger partial charge in [-0.15, -0.1) is 0 Å². The number of carboxylic acids is 2. The third-order valence-electron chi connectivity index (χ3n) is 11.4. The SMILES string of the molecule is CC[C@H](C)[C@H](NC(=O)[C@@H]1CCCN1C(=O)[C@H](CC(=O)O)NC(=O)[C@H](Cc1c[nH]c2ccccc12)NC(=O)[C@H](CO)NC(=O)[C@@H](N)CS)C(=O)N[C@@H](Cc1ccccc1)C(=O)N[C@@H](CS)C(=O)O. The molecule has 9 atom stereocenters. The number of nitrogens with zero attached hydrogens (tertiary/aromatic N) is 1. The fourth-order valence-electron chi connectivity index (χ4n) is 7.44. The summed E-state index contributed by atoms with van der Waals surface area (Å²) in [6, 6.07) is 4.64. The standard InChI is InChI=1S/C44H59N9O12S2/c1-3-23(2)36(42(62)48-29(16-24-10-5-4-6-11-24)38(58)51-33(22-67)44(64)65)52-41(61)34-14-9-15-53(34)43(63)31(18-35(55)56)49-39(59)30(17-25-19-46-28-13-8-7-12-26(25)28)47-40(60)32(20-54)50-37(57)27(45)21-66/h4-8,10-13,19,23,27,29-34,36,46,54,66-67H,3,9,14-18,20-22,45H2,1-2H3,(H,47,60)(H,48,62)(H,49,59)(H,50,57)(H,51,58)(H,52,61)(H,55,56)(H,64,65)/t23-,27-,29-,30-,31-,32-,33-,34-,36-/m0/s1. The molecule has 1 saturated heterocycles. The van der Waals surface area contributed by atoms with E-state index in [1.807, 2.05) is 0 Å². The van der Waals surface area contributed by atoms with Crippen LogP contribution in [0, 0.1) is 5.92 Å². The van der Waals surface area contributed by atoms with E-state index in [4.69, 9.17) is 5.73 Å². The van der Waals surface area contributed by atoms with Crippen molar-refractivity contribution in [2.45, 2.75) is 101 Å². The van der Waals surface area contributed by atoms with Crippen LogP contribution in [0.15, 0.2) is 60.8 Å². The Morgan fingerprint density at radius 2 is 1.33 bits per heavy atom. The van der Waals surface area contributed by atoms with Gasteiger partial charge >= 0.3 is 11.9 Å². The van der Waals surface area contributed by atoms with Crippen LogP contribution in [0.5, 0.6) is 0 Å². The molecule has 1 aromatic heterocycles. The molecule has 12 N–H and O–H groups in total. The second-order valence-corrected chi connectivity index (χ2v) is 16.9. The average Bonchev–Trinajstić information content (AvgIpc) is 3.98. The molecule has 0 aliphatic carbocycles. The number of para-hydroxylation sites is 1. The number of thiol groups is 2. The molecule has 0 unspecified atom stereocenters. The monoisotopic (exact) mass is 969 g/mol. The number of rotatable bonds is 25. The van der Waals surface area contributed by atoms with Gasteiger partial charge in [0, 0.05) is 48.0 Å². The van der Waals surface area contributed by atoms with Gasteiger partial charge in [-0.3, -0.25) is 38.4 Å². The Bertz CT molecular complexity index is 2250. The van der Waals surface area contributed by atoms with Crippen LogP contribution in [0.1, 0.15) is 50.7 Å². The van der Waals surface area contributed by atoms with Crippen LogP contribution in [0.2, 0.25) is 0 Å². The van der Waals surface area contributed by atoms with Gasteiger partial charge in [-0.1, -0.05) is 68.8 Å². The molecule has 1 aliphatic heterocycles. The van der Waals surface area contributed by atoms with Gasteiger partial charge in [-0.2, -0.15) is 25.3 Å². The summed E-state index contributed by atoms with van der Waals surface area (Å²) >= 11 is 7.99. The largest absolute Gasteiger partial charge is 0.481 e. The summed E-state index contributed by atoms with van der Waals surface area (Å²) in [5, 5.41) is 45.2. The minimum Gasteiger partial charge on any atom is -0.481 e. The molecule has 21 nitrogen and oxygen atoms in total. The fraction of sp³-hybridized carbons (Fsp3) is 0.477. The number of carbonyl (C=O) groups excluding carboxylic acids is 7. The van der Waals surface area contributed by atoms with Crippen LogP contribution in [0.25, 0.3) is 10.9 Å². The number of nitrogens with two attached hydrogens (primary N) is 1. The van der Waals surface area contributed by atoms with Gasteiger partial charge in [0.15, 0.2) is 0 Å². The number of fused-ring (bicyclic) bond motifs is 1. The Hall–Kier alpha value is -6.17. The van der Waals surface area contributed by atoms with E-state index in [1.54, 1.807) is 74.6 Å². The highest BCUT2D eigenvalue weighted by molar-refractivity contribution is 7.80. The van der Waals surface area contributed by atoms with E-state index in [1.165, 1.54) is 0 Å². The zero-order chi connectivity index (χ0) is 49.4. The molecule has 7 amide bonds. The molecule has 0 radical (unpaired) electrons. The van der Waals surface area contributed by atoms with E-state index in [-0.39, 0.29) is 43.7 Å². The molecule has 1 fully saturated rings. The zero-order valence-corrected chi connectivity index (χ0v) is 38.8. The number of amides is 7. The van der Waals surface area contributed by atoms with Crippen LogP contribution in [-0.4, -0.2) is 151 Å². The minimum atomic E-state index is -1.76. The molecule has 4 rings (SSSR count). The lowest BCUT2D eigenvalue weighted by molar-refractivity contribution is -0.146. The number of H-pyrrole nitrogens is 1. The number of likely N-dealkylation sites (tertiary alicyclic amines) is 1. The second kappa shape index (κ2) is 25.7. The number of carbonyl (C=O) groups is 9. The van der Waals surface area contributed by atoms with Gasteiger partial charge in [0.2, 0.25) is 41.4 Å². The highest BCUT2D eigenvalue weighted by Gasteiger charge is 2.41. The van der Waals surface area contributed by atoms with Gasteiger partial charge < -0.3 is 62.8 Å². The molecule has 0 saturated carbocycles. The Kier molecular flexibility index (Phi) is 20.5. The van der Waals surface area contributed by atoms with Crippen molar-refractivity contribution < 1.29 is 58.5 Å². The number of aromatic amines is 1. The van der Waals surface area contributed by atoms with E-state index >= 15 is 0 Å². The molecule has 2 heterocycles. The summed E-state index contributed by atoms with van der Waals surface area (Å²) in [6.45, 7) is 2.55. The third-order valence-corrected chi connectivity index (χ3v) is 12.2. The fourth-order valence-corrected chi connectivity index (χ4v) is 7.85. The first-order valence-electron chi connectivity index (χ1n) is 21.7. The number of benzene rings is 2. The summed E-state index contributed by atoms with van der Waals surface area (Å²) in [4.78, 5) is 124. The first kappa shape index (κ1) is 53.4. The quantitative estimate of drug-likeness (QED) is 0.0437. The van der Waals surface area contributed by atoms with E-state index in [9.17, 15) is 58.5 Å². The van der Waals surface area contributed by atoms with Crippen molar-refractivity contribution in [3.63, 3.8) is 0 Å². The predicted octanol–water partition coefficient (Wildman–Crippen LogP) is -1.36. The molecule has 67 heavy (non-hydrogen) atoms. The lowest BCUT2D eigenvalue weighted by Crippen LogP contribution is -2.61. The minimum absolute atomic E-state index is 0.0277. The van der Waals surface area contributed by atoms with Crippen molar-refractivity contribution in [2.75, 3.05) is 24.7 Å². The summed E-state index contributed by atoms with van der Waals surface area (Å²) < 4.78 is 0. The molecular formula is C44H59N9O12S2. The lowest BCUT2D eigenvalue weighted by Gasteiger charge is -2.32. The maximum absolute atomic E-state index is 14.3. The molecule has 2 aromatic carbocycles. The lowest BCUT2D eigenvalue weighted by atomic mass is 9.96. The van der Waals surface area contributed by atoms with E-state index in [2.05, 4.69) is 62.1 Å². The molecule has 364 valence electrons. The van der Waals surface area contributed by atoms with Gasteiger partial charge in [0.1, 0.15) is 42.3 Å². The smallest absolute Gasteiger partial charge is 0.327 e. The Labute approximate surface area is 397 Å². The first-order chi connectivity index (χ1) is 31.9. The Morgan fingerprint density at radius 1 is 0.746 bits per heavy atom. The number of aliphatic carboxylic acids is 2. The third kappa shape index (κ3) is 14.9. The van der Waals surface area contributed by atoms with Gasteiger partial charge in [0.25, 0.3) is 0 Å². The molecule has 0 spiro atoms. The van der Waals surface area contributed by atoms with Crippen molar-refractivity contribution in [1.82, 2.24) is 41.8 Å². The Balaban J connectivity index is 1.57. The summed E-state index contributed by atoms with van der Waals surface area (Å²) in [7, 11) is 0. The summed E-state index contributed by atoms with van der Waals surface area (Å²) in [6.07, 6.45) is 1.20. The van der Waals surface area contributed by atoms with Gasteiger partial charge in [-0.05, 0) is 36.0 Å². The number of carboxylic acid groups (broad SMARTS) is 2. The number of aromatic nitrogens is 1. The Morgan fingerprint density at radius 3 is 1.94 bits per heavy atom. The normalized spacial score (nSPS) is 17.0. The number of hydrogen-bond acceptors (Lipinski definition) is 13. The van der Waals surface area contributed by atoms with E-state index in [0.29, 0.717) is 28.5 Å². The van der Waals surface area contributed by atoms with Crippen LogP contribution in [-0.2, 0) is 56.0 Å². The maximum atomic E-state index is 14.3. The number of aliphatic hydroxyl groups excluding tert-OH is 1. The number of aliphatic hydroxyl groups is 1. The van der Waals surface area contributed by atoms with Gasteiger partial charge in [-0.25, -0.2) is 4.79 Å². The summed E-state index contributed by atoms with van der Waals surface area (Å²) in [5.41, 5.74) is 7.61. The highest BCUT2D eigenvalue weighted by atomic mass is 32.1. The van der Waals surface area contributed by atoms with Crippen LogP contribution >= 0.6 is 25.3 Å². The summed E-state index contributed by atoms with van der Waals surface area (Å²) in [5.74, 6) is -9.71. The van der Waals surface area contributed by atoms with Crippen molar-refractivity contribution in [2.24, 2.45) is 11.7 Å². The number of hydrogen-bond donors (Lipinski definition) is 13. The topological polar surface area (TPSA) is 332 Å². The number of nitrogens with one attached hydrogen (secondary N) is 7. The van der Waals surface area contributed by atoms with Crippen LogP contribution < -0.4 is 37.6 Å². The molecule has 23 heteroatoms. The first-order valence-corrected chi connectivity index (χ1v) is 22.9. The predicted molar refractivity (Wildman–Crippen MR) is 251 cm³/mol. The van der Waals surface area contributed by atoms with Crippen molar-refractivity contribution >= 4 is 89.4 Å². The average molecular weight is 970 g/mol. The molecular weight excluding hydrogens is 911 g/mol. The molecule has 0 bridgehead atoms. The molecule has 3 aromatic rings. The highest BCUT2D eigenvalue weighted by Crippen LogP contribution is 2.22. The van der Waals surface area contributed by atoms with Crippen molar-refractivity contribution in [3.8, 4) is 0 Å². The van der Waals surface area contributed by atoms with E-state index in [0.717, 1.165) is 4.90 Å². The second-order valence-electron chi connectivity index (χ2n) is 16.2. The van der Waals surface area contributed by atoms with Crippen LogP contribution in [0.4, 0.5) is 0 Å². The molecule has 1 aliphatic rings. The van der Waals surface area contributed by atoms with Crippen LogP contribution in [0.3, 0.4) is 0 Å². The van der Waals surface area contributed by atoms with Crippen molar-refractivity contribution in [3.05, 3.63) is 71.9 Å².